The van der Waals surface area contributed by atoms with Gasteiger partial charge in [0.1, 0.15) is 9.96 Å². The van der Waals surface area contributed by atoms with Gasteiger partial charge >= 0.3 is 0 Å². The lowest BCUT2D eigenvalue weighted by Gasteiger charge is -2.32. The molecular weight excluding hydrogens is 418 g/mol. The smallest absolute Gasteiger partial charge is 0.271 e. The summed E-state index contributed by atoms with van der Waals surface area (Å²) in [5.41, 5.74) is 3.51. The molecule has 1 atom stereocenters. The van der Waals surface area contributed by atoms with Crippen LogP contribution in [0.25, 0.3) is 10.6 Å². The van der Waals surface area contributed by atoms with Crippen LogP contribution in [0.4, 0.5) is 5.69 Å². The van der Waals surface area contributed by atoms with Gasteiger partial charge < -0.3 is 9.64 Å². The number of hydrogen-bond acceptors (Lipinski definition) is 6. The number of rotatable bonds is 6. The number of thiophene rings is 1. The van der Waals surface area contributed by atoms with Crippen molar-refractivity contribution in [3.05, 3.63) is 59.8 Å². The molecule has 0 unspecified atom stereocenters. The van der Waals surface area contributed by atoms with Crippen LogP contribution in [0.1, 0.15) is 17.5 Å². The van der Waals surface area contributed by atoms with Gasteiger partial charge in [-0.15, -0.1) is 11.3 Å². The van der Waals surface area contributed by atoms with E-state index in [1.54, 1.807) is 31.5 Å². The van der Waals surface area contributed by atoms with E-state index < -0.39 is 10.0 Å². The molecule has 1 aliphatic rings. The van der Waals surface area contributed by atoms with E-state index in [1.165, 1.54) is 11.3 Å². The molecule has 30 heavy (non-hydrogen) atoms. The van der Waals surface area contributed by atoms with E-state index in [2.05, 4.69) is 28.7 Å². The normalized spacial score (nSPS) is 16.3. The highest BCUT2D eigenvalue weighted by molar-refractivity contribution is 7.94. The minimum atomic E-state index is -3.69. The molecule has 2 aromatic heterocycles. The van der Waals surface area contributed by atoms with Crippen LogP contribution >= 0.6 is 11.3 Å². The molecule has 158 valence electrons. The van der Waals surface area contributed by atoms with E-state index in [0.29, 0.717) is 11.7 Å². The maximum Gasteiger partial charge on any atom is 0.271 e. The molecule has 1 N–H and O–H groups in total. The van der Waals surface area contributed by atoms with Gasteiger partial charge in [-0.3, -0.25) is 9.71 Å². The molecule has 0 amide bonds. The highest BCUT2D eigenvalue weighted by Gasteiger charge is 2.27. The van der Waals surface area contributed by atoms with Crippen LogP contribution in [0, 0.1) is 0 Å². The third-order valence-electron chi connectivity index (χ3n) is 5.51. The fourth-order valence-corrected chi connectivity index (χ4v) is 6.24. The molecule has 6 nitrogen and oxygen atoms in total. The van der Waals surface area contributed by atoms with Gasteiger partial charge in [0.05, 0.1) is 23.4 Å². The predicted octanol–water partition coefficient (Wildman–Crippen LogP) is 4.04. The highest BCUT2D eigenvalue weighted by Crippen LogP contribution is 2.37. The molecule has 0 radical (unpaired) electrons. The molecule has 0 bridgehead atoms. The third-order valence-corrected chi connectivity index (χ3v) is 8.48. The van der Waals surface area contributed by atoms with Crippen molar-refractivity contribution in [3.8, 4) is 16.3 Å². The zero-order valence-corrected chi connectivity index (χ0v) is 18.9. The van der Waals surface area contributed by atoms with Crippen LogP contribution in [0.2, 0.25) is 0 Å². The topological polar surface area (TPSA) is 71.5 Å². The quantitative estimate of drug-likeness (QED) is 0.623. The third kappa shape index (κ3) is 4.08. The molecule has 3 aromatic rings. The van der Waals surface area contributed by atoms with Gasteiger partial charge in [0.25, 0.3) is 10.0 Å². The number of pyridine rings is 1. The standard InChI is InChI=1S/C22H25N3O3S2/c1-25(2)15-7-8-16-17(14-15)20(28-3)10-9-18(16)24-30(26,27)22-12-11-21(29-22)19-6-4-5-13-23-19/h4-6,9-13,15,24H,7-8,14H2,1-3H3/t15-/m0/s1. The number of hydrogen-bond donors (Lipinski definition) is 1. The average Bonchev–Trinajstić information content (AvgIpc) is 3.25. The zero-order valence-electron chi connectivity index (χ0n) is 17.3. The van der Waals surface area contributed by atoms with Gasteiger partial charge in [-0.05, 0) is 75.3 Å². The van der Waals surface area contributed by atoms with Gasteiger partial charge in [-0.2, -0.15) is 0 Å². The minimum absolute atomic E-state index is 0.273. The fraction of sp³-hybridized carbons (Fsp3) is 0.318. The molecular formula is C22H25N3O3S2. The monoisotopic (exact) mass is 443 g/mol. The van der Waals surface area contributed by atoms with Crippen molar-refractivity contribution in [2.45, 2.75) is 29.5 Å². The maximum atomic E-state index is 13.1. The van der Waals surface area contributed by atoms with E-state index in [9.17, 15) is 8.42 Å². The number of anilines is 1. The van der Waals surface area contributed by atoms with Crippen LogP contribution in [-0.2, 0) is 22.9 Å². The Kier molecular flexibility index (Phi) is 5.81. The first kappa shape index (κ1) is 20.8. The summed E-state index contributed by atoms with van der Waals surface area (Å²) in [6.45, 7) is 0. The number of nitrogens with one attached hydrogen (secondary N) is 1. The Morgan fingerprint density at radius 1 is 1.13 bits per heavy atom. The lowest BCUT2D eigenvalue weighted by Crippen LogP contribution is -2.34. The Labute approximate surface area is 181 Å². The van der Waals surface area contributed by atoms with Crippen molar-refractivity contribution >= 4 is 27.0 Å². The number of likely N-dealkylation sites (N-methyl/N-ethyl adjacent to an activating group) is 1. The summed E-state index contributed by atoms with van der Waals surface area (Å²) in [4.78, 5) is 7.34. The summed E-state index contributed by atoms with van der Waals surface area (Å²) in [6.07, 6.45) is 4.32. The van der Waals surface area contributed by atoms with Gasteiger partial charge in [0.15, 0.2) is 0 Å². The van der Waals surface area contributed by atoms with Crippen molar-refractivity contribution in [1.82, 2.24) is 9.88 Å². The highest BCUT2D eigenvalue weighted by atomic mass is 32.2. The zero-order chi connectivity index (χ0) is 21.3. The second-order valence-corrected chi connectivity index (χ2v) is 10.6. The molecule has 8 heteroatoms. The second-order valence-electron chi connectivity index (χ2n) is 7.57. The average molecular weight is 444 g/mol. The van der Waals surface area contributed by atoms with Crippen molar-refractivity contribution in [3.63, 3.8) is 0 Å². The summed E-state index contributed by atoms with van der Waals surface area (Å²) in [7, 11) is 2.11. The number of aromatic nitrogens is 1. The van der Waals surface area contributed by atoms with Crippen molar-refractivity contribution < 1.29 is 13.2 Å². The molecule has 0 spiro atoms. The maximum absolute atomic E-state index is 13.1. The van der Waals surface area contributed by atoms with Crippen LogP contribution in [0.15, 0.2) is 52.9 Å². The predicted molar refractivity (Wildman–Crippen MR) is 121 cm³/mol. The number of methoxy groups -OCH3 is 1. The number of sulfonamides is 1. The number of ether oxygens (including phenoxy) is 1. The van der Waals surface area contributed by atoms with Crippen LogP contribution in [0.3, 0.4) is 0 Å². The van der Waals surface area contributed by atoms with Crippen LogP contribution in [-0.4, -0.2) is 45.5 Å². The molecule has 1 aromatic carbocycles. The largest absolute Gasteiger partial charge is 0.496 e. The summed E-state index contributed by atoms with van der Waals surface area (Å²) in [5, 5.41) is 0. The summed E-state index contributed by atoms with van der Waals surface area (Å²) in [6, 6.07) is 13.1. The lowest BCUT2D eigenvalue weighted by atomic mass is 9.86. The molecule has 0 saturated carbocycles. The van der Waals surface area contributed by atoms with Gasteiger partial charge in [0.2, 0.25) is 0 Å². The first-order chi connectivity index (χ1) is 14.4. The Bertz CT molecular complexity index is 1140. The van der Waals surface area contributed by atoms with Crippen molar-refractivity contribution in [1.29, 1.82) is 0 Å². The number of fused-ring (bicyclic) bond motifs is 1. The van der Waals surface area contributed by atoms with Gasteiger partial charge in [0, 0.05) is 17.8 Å². The van der Waals surface area contributed by atoms with E-state index in [4.69, 9.17) is 4.74 Å². The first-order valence-corrected chi connectivity index (χ1v) is 12.1. The Balaban J connectivity index is 1.64. The summed E-state index contributed by atoms with van der Waals surface area (Å²) in [5.74, 6) is 0.813. The Hall–Kier alpha value is -2.42. The second kappa shape index (κ2) is 8.37. The van der Waals surface area contributed by atoms with E-state index in [1.807, 2.05) is 24.3 Å². The number of benzene rings is 1. The van der Waals surface area contributed by atoms with Crippen LogP contribution < -0.4 is 9.46 Å². The molecule has 0 fully saturated rings. The Morgan fingerprint density at radius 3 is 2.67 bits per heavy atom. The van der Waals surface area contributed by atoms with Crippen molar-refractivity contribution in [2.75, 3.05) is 25.9 Å². The Morgan fingerprint density at radius 2 is 1.97 bits per heavy atom. The molecule has 0 aliphatic heterocycles. The molecule has 0 saturated heterocycles. The molecule has 4 rings (SSSR count). The molecule has 2 heterocycles. The van der Waals surface area contributed by atoms with E-state index in [-0.39, 0.29) is 4.21 Å². The van der Waals surface area contributed by atoms with E-state index in [0.717, 1.165) is 46.7 Å². The number of nitrogens with zero attached hydrogens (tertiary/aromatic N) is 2. The van der Waals surface area contributed by atoms with Gasteiger partial charge in [-0.25, -0.2) is 8.42 Å². The first-order valence-electron chi connectivity index (χ1n) is 9.78. The van der Waals surface area contributed by atoms with Crippen molar-refractivity contribution in [2.24, 2.45) is 0 Å². The summed E-state index contributed by atoms with van der Waals surface area (Å²) < 4.78 is 34.8. The SMILES string of the molecule is COc1ccc(NS(=O)(=O)c2ccc(-c3ccccn3)s2)c2c1C[C@@H](N(C)C)CC2. The lowest BCUT2D eigenvalue weighted by molar-refractivity contribution is 0.265. The summed E-state index contributed by atoms with van der Waals surface area (Å²) >= 11 is 1.22. The minimum Gasteiger partial charge on any atom is -0.496 e. The van der Waals surface area contributed by atoms with E-state index >= 15 is 0 Å². The molecule has 1 aliphatic carbocycles. The van der Waals surface area contributed by atoms with Crippen LogP contribution in [0.5, 0.6) is 5.75 Å². The fourth-order valence-electron chi connectivity index (χ4n) is 3.86. The van der Waals surface area contributed by atoms with Gasteiger partial charge in [-0.1, -0.05) is 6.07 Å².